The molecule has 0 spiro atoms. The van der Waals surface area contributed by atoms with Crippen LogP contribution in [0.2, 0.25) is 0 Å². The van der Waals surface area contributed by atoms with E-state index in [-0.39, 0.29) is 40.0 Å². The highest BCUT2D eigenvalue weighted by atomic mass is 32.2. The number of amides is 1. The Labute approximate surface area is 206 Å². The van der Waals surface area contributed by atoms with Gasteiger partial charge in [0.2, 0.25) is 15.9 Å². The van der Waals surface area contributed by atoms with Crippen molar-refractivity contribution in [2.24, 2.45) is 11.3 Å². The van der Waals surface area contributed by atoms with E-state index in [1.807, 2.05) is 6.92 Å². The highest BCUT2D eigenvalue weighted by Crippen LogP contribution is 2.30. The Morgan fingerprint density at radius 2 is 1.77 bits per heavy atom. The lowest BCUT2D eigenvalue weighted by atomic mass is 9.85. The lowest BCUT2D eigenvalue weighted by Crippen LogP contribution is -2.41. The van der Waals surface area contributed by atoms with Crippen LogP contribution in [0.3, 0.4) is 0 Å². The number of halogens is 1. The van der Waals surface area contributed by atoms with Crippen molar-refractivity contribution >= 4 is 27.4 Å². The van der Waals surface area contributed by atoms with Crippen molar-refractivity contribution in [2.45, 2.75) is 63.4 Å². The number of aromatic nitrogens is 1. The number of carbonyl (C=O) groups is 1. The van der Waals surface area contributed by atoms with Gasteiger partial charge in [-0.3, -0.25) is 4.79 Å². The number of hydrogen-bond donors (Lipinski definition) is 4. The molecule has 1 aliphatic carbocycles. The summed E-state index contributed by atoms with van der Waals surface area (Å²) in [6.07, 6.45) is 3.73. The van der Waals surface area contributed by atoms with Gasteiger partial charge < -0.3 is 16.0 Å². The predicted octanol–water partition coefficient (Wildman–Crippen LogP) is 3.80. The van der Waals surface area contributed by atoms with Gasteiger partial charge in [-0.2, -0.15) is 0 Å². The summed E-state index contributed by atoms with van der Waals surface area (Å²) >= 11 is 0. The lowest BCUT2D eigenvalue weighted by molar-refractivity contribution is -0.126. The standard InChI is InChI=1S/C25H34FN5O3S/c1-16(17-4-8-19(26)9-5-17)30-24(32)18-6-10-20(11-7-18)31-35(33,34)21-12-22-23(27-13-21)29-15-25(2,3)14-28-22/h4-5,8-9,12-13,16,18,20,28,31H,6-7,10-11,14-15H2,1-3H3,(H,27,29)(H,30,32)/t16-,18-,20-/m1/s1. The van der Waals surface area contributed by atoms with Crippen LogP contribution in [0.25, 0.3) is 0 Å². The highest BCUT2D eigenvalue weighted by molar-refractivity contribution is 7.89. The Hall–Kier alpha value is -2.72. The SMILES string of the molecule is C[C@@H](NC(=O)[C@H]1CC[C@H](NS(=O)(=O)c2cnc3c(c2)NCC(C)(C)CN3)CC1)c1ccc(F)cc1. The van der Waals surface area contributed by atoms with Gasteiger partial charge in [-0.05, 0) is 61.8 Å². The molecule has 4 N–H and O–H groups in total. The van der Waals surface area contributed by atoms with E-state index in [2.05, 4.69) is 39.5 Å². The molecule has 2 aliphatic rings. The second-order valence-corrected chi connectivity index (χ2v) is 12.1. The predicted molar refractivity (Wildman–Crippen MR) is 134 cm³/mol. The molecule has 2 heterocycles. The molecule has 35 heavy (non-hydrogen) atoms. The average molecular weight is 504 g/mol. The highest BCUT2D eigenvalue weighted by Gasteiger charge is 2.31. The van der Waals surface area contributed by atoms with Gasteiger partial charge in [0.05, 0.1) is 11.7 Å². The number of anilines is 2. The second kappa shape index (κ2) is 10.1. The Bertz CT molecular complexity index is 1160. The van der Waals surface area contributed by atoms with E-state index in [1.165, 1.54) is 18.3 Å². The van der Waals surface area contributed by atoms with E-state index in [0.717, 1.165) is 12.1 Å². The van der Waals surface area contributed by atoms with Crippen LogP contribution >= 0.6 is 0 Å². The van der Waals surface area contributed by atoms with Crippen molar-refractivity contribution in [2.75, 3.05) is 23.7 Å². The Morgan fingerprint density at radius 1 is 1.11 bits per heavy atom. The molecular formula is C25H34FN5O3S. The minimum Gasteiger partial charge on any atom is -0.381 e. The number of nitrogens with one attached hydrogen (secondary N) is 4. The van der Waals surface area contributed by atoms with Crippen molar-refractivity contribution in [3.63, 3.8) is 0 Å². The Morgan fingerprint density at radius 3 is 2.46 bits per heavy atom. The van der Waals surface area contributed by atoms with Gasteiger partial charge in [-0.1, -0.05) is 26.0 Å². The molecular weight excluding hydrogens is 469 g/mol. The quantitative estimate of drug-likeness (QED) is 0.477. The fourth-order valence-electron chi connectivity index (χ4n) is 4.52. The number of hydrogen-bond acceptors (Lipinski definition) is 6. The Kier molecular flexibility index (Phi) is 7.32. The molecule has 10 heteroatoms. The molecule has 0 unspecified atom stereocenters. The largest absolute Gasteiger partial charge is 0.381 e. The molecule has 8 nitrogen and oxygen atoms in total. The van der Waals surface area contributed by atoms with Gasteiger partial charge in [0.25, 0.3) is 0 Å². The lowest BCUT2D eigenvalue weighted by Gasteiger charge is -2.29. The zero-order valence-corrected chi connectivity index (χ0v) is 21.2. The van der Waals surface area contributed by atoms with Crippen LogP contribution < -0.4 is 20.7 Å². The zero-order chi connectivity index (χ0) is 25.2. The third-order valence-corrected chi connectivity index (χ3v) is 8.30. The van der Waals surface area contributed by atoms with E-state index >= 15 is 0 Å². The second-order valence-electron chi connectivity index (χ2n) is 10.4. The van der Waals surface area contributed by atoms with Crippen molar-refractivity contribution < 1.29 is 17.6 Å². The number of benzene rings is 1. The molecule has 4 rings (SSSR count). The summed E-state index contributed by atoms with van der Waals surface area (Å²) in [5.74, 6) is 0.105. The van der Waals surface area contributed by atoms with Gasteiger partial charge in [-0.15, -0.1) is 0 Å². The number of fused-ring (bicyclic) bond motifs is 1. The summed E-state index contributed by atoms with van der Waals surface area (Å²) < 4.78 is 42.0. The molecule has 1 atom stereocenters. The number of nitrogens with zero attached hydrogens (tertiary/aromatic N) is 1. The Balaban J connectivity index is 1.32. The first-order valence-corrected chi connectivity index (χ1v) is 13.6. The maximum Gasteiger partial charge on any atom is 0.242 e. The van der Waals surface area contributed by atoms with Crippen LogP contribution in [0.1, 0.15) is 58.1 Å². The molecule has 1 aromatic heterocycles. The monoisotopic (exact) mass is 503 g/mol. The van der Waals surface area contributed by atoms with Gasteiger partial charge >= 0.3 is 0 Å². The summed E-state index contributed by atoms with van der Waals surface area (Å²) in [6.45, 7) is 7.56. The van der Waals surface area contributed by atoms with Crippen LogP contribution in [0.4, 0.5) is 15.9 Å². The molecule has 0 bridgehead atoms. The van der Waals surface area contributed by atoms with Crippen molar-refractivity contribution in [1.82, 2.24) is 15.0 Å². The van der Waals surface area contributed by atoms with Crippen LogP contribution in [-0.4, -0.2) is 38.4 Å². The number of carbonyl (C=O) groups excluding carboxylic acids is 1. The normalized spacial score (nSPS) is 22.6. The molecule has 1 fully saturated rings. The van der Waals surface area contributed by atoms with Crippen molar-refractivity contribution in [3.8, 4) is 0 Å². The average Bonchev–Trinajstić information content (AvgIpc) is 2.97. The molecule has 1 aromatic carbocycles. The fourth-order valence-corrected chi connectivity index (χ4v) is 5.79. The van der Waals surface area contributed by atoms with E-state index in [1.54, 1.807) is 18.2 Å². The number of rotatable bonds is 6. The van der Waals surface area contributed by atoms with Gasteiger partial charge in [-0.25, -0.2) is 22.5 Å². The van der Waals surface area contributed by atoms with Crippen LogP contribution in [0.5, 0.6) is 0 Å². The molecule has 1 aliphatic heterocycles. The molecule has 0 radical (unpaired) electrons. The molecule has 1 saturated carbocycles. The molecule has 0 saturated heterocycles. The zero-order valence-electron chi connectivity index (χ0n) is 20.4. The van der Waals surface area contributed by atoms with E-state index in [4.69, 9.17) is 0 Å². The molecule has 2 aromatic rings. The minimum atomic E-state index is -3.74. The third kappa shape index (κ3) is 6.29. The smallest absolute Gasteiger partial charge is 0.242 e. The maximum atomic E-state index is 13.1. The third-order valence-electron chi connectivity index (χ3n) is 6.81. The first kappa shape index (κ1) is 25.4. The van der Waals surface area contributed by atoms with E-state index in [9.17, 15) is 17.6 Å². The summed E-state index contributed by atoms with van der Waals surface area (Å²) in [6, 6.07) is 7.24. The van der Waals surface area contributed by atoms with Gasteiger partial charge in [0.15, 0.2) is 0 Å². The van der Waals surface area contributed by atoms with E-state index in [0.29, 0.717) is 43.7 Å². The fraction of sp³-hybridized carbons (Fsp3) is 0.520. The maximum absolute atomic E-state index is 13.1. The molecule has 1 amide bonds. The van der Waals surface area contributed by atoms with Crippen LogP contribution in [-0.2, 0) is 14.8 Å². The summed E-state index contributed by atoms with van der Waals surface area (Å²) in [5, 5.41) is 9.57. The van der Waals surface area contributed by atoms with Crippen LogP contribution in [0.15, 0.2) is 41.4 Å². The van der Waals surface area contributed by atoms with Crippen molar-refractivity contribution in [3.05, 3.63) is 47.9 Å². The molecule has 190 valence electrons. The first-order chi connectivity index (χ1) is 16.5. The number of pyridine rings is 1. The van der Waals surface area contributed by atoms with Crippen molar-refractivity contribution in [1.29, 1.82) is 0 Å². The summed E-state index contributed by atoms with van der Waals surface area (Å²) in [5.41, 5.74) is 1.53. The topological polar surface area (TPSA) is 112 Å². The first-order valence-electron chi connectivity index (χ1n) is 12.1. The van der Waals surface area contributed by atoms with Gasteiger partial charge in [0.1, 0.15) is 16.5 Å². The summed E-state index contributed by atoms with van der Waals surface area (Å²) in [4.78, 5) is 17.2. The van der Waals surface area contributed by atoms with Gasteiger partial charge in [0, 0.05) is 31.2 Å². The summed E-state index contributed by atoms with van der Waals surface area (Å²) in [7, 11) is -3.74. The van der Waals surface area contributed by atoms with E-state index < -0.39 is 10.0 Å². The number of sulfonamides is 1. The minimum absolute atomic E-state index is 0.0136. The van der Waals surface area contributed by atoms with Crippen LogP contribution in [0, 0.1) is 17.2 Å².